The minimum absolute atomic E-state index is 0.273. The predicted molar refractivity (Wildman–Crippen MR) is 42.1 cm³/mol. The molecular formula is C5H13ClOS. The molecule has 52 valence electrons. The topological polar surface area (TPSA) is 20.2 Å². The average Bonchev–Trinajstić information content (AvgIpc) is 1.67. The molecule has 0 atom stereocenters. The maximum atomic E-state index is 8.50. The van der Waals surface area contributed by atoms with Crippen LogP contribution < -0.4 is 0 Å². The summed E-state index contributed by atoms with van der Waals surface area (Å²) in [5, 5.41) is 9.20. The lowest BCUT2D eigenvalue weighted by Crippen LogP contribution is -2.05. The molecule has 0 rings (SSSR count). The lowest BCUT2D eigenvalue weighted by atomic mass is 10.9. The molecular weight excluding hydrogens is 144 g/mol. The van der Waals surface area contributed by atoms with Crippen LogP contribution >= 0.6 is 21.6 Å². The fourth-order valence-electron chi connectivity index (χ4n) is 0.302. The van der Waals surface area contributed by atoms with Crippen molar-refractivity contribution in [2.45, 2.75) is 0 Å². The van der Waals surface area contributed by atoms with Crippen LogP contribution in [0.5, 0.6) is 0 Å². The molecule has 0 heterocycles. The molecule has 1 nitrogen and oxygen atoms in total. The highest BCUT2D eigenvalue weighted by atomic mass is 35.5. The quantitative estimate of drug-likeness (QED) is 0.610. The molecule has 0 unspecified atom stereocenters. The van der Waals surface area contributed by atoms with Gasteiger partial charge in [0, 0.05) is 5.75 Å². The van der Waals surface area contributed by atoms with Crippen molar-refractivity contribution >= 4 is 21.6 Å². The minimum atomic E-state index is -0.654. The first-order valence-corrected chi connectivity index (χ1v) is 5.80. The maximum absolute atomic E-state index is 8.50. The van der Waals surface area contributed by atoms with Crippen molar-refractivity contribution < 1.29 is 5.11 Å². The Bertz CT molecular complexity index is 65.4. The van der Waals surface area contributed by atoms with Gasteiger partial charge in [-0.1, -0.05) is 0 Å². The van der Waals surface area contributed by atoms with E-state index >= 15 is 0 Å². The SMILES string of the molecule is CS(C)(CCl)CCO. The van der Waals surface area contributed by atoms with Crippen LogP contribution in [0.4, 0.5) is 0 Å². The molecule has 0 radical (unpaired) electrons. The monoisotopic (exact) mass is 156 g/mol. The molecule has 1 N–H and O–H groups in total. The van der Waals surface area contributed by atoms with Crippen LogP contribution in [0.25, 0.3) is 0 Å². The van der Waals surface area contributed by atoms with Crippen LogP contribution in [-0.4, -0.2) is 35.2 Å². The van der Waals surface area contributed by atoms with Crippen LogP contribution in [0.15, 0.2) is 0 Å². The van der Waals surface area contributed by atoms with Gasteiger partial charge >= 0.3 is 0 Å². The van der Waals surface area contributed by atoms with Gasteiger partial charge in [0.2, 0.25) is 0 Å². The number of halogens is 1. The molecule has 0 aromatic heterocycles. The fourth-order valence-corrected chi connectivity index (χ4v) is 1.23. The summed E-state index contributed by atoms with van der Waals surface area (Å²) in [4.78, 5) is 0. The van der Waals surface area contributed by atoms with Crippen LogP contribution in [0.3, 0.4) is 0 Å². The van der Waals surface area contributed by atoms with Crippen LogP contribution in [-0.2, 0) is 0 Å². The van der Waals surface area contributed by atoms with E-state index in [4.69, 9.17) is 16.7 Å². The molecule has 0 amide bonds. The summed E-state index contributed by atoms with van der Waals surface area (Å²) in [6.45, 7) is 0.273. The summed E-state index contributed by atoms with van der Waals surface area (Å²) in [5.41, 5.74) is 0. The molecule has 0 aliphatic rings. The fraction of sp³-hybridized carbons (Fsp3) is 1.00. The van der Waals surface area contributed by atoms with E-state index in [0.29, 0.717) is 5.21 Å². The highest BCUT2D eigenvalue weighted by Crippen LogP contribution is 2.39. The van der Waals surface area contributed by atoms with Gasteiger partial charge in [-0.05, 0) is 12.5 Å². The van der Waals surface area contributed by atoms with Crippen molar-refractivity contribution in [1.29, 1.82) is 0 Å². The number of hydrogen-bond donors (Lipinski definition) is 1. The third-order valence-corrected chi connectivity index (χ3v) is 4.59. The standard InChI is InChI=1S/C5H13ClOS/c1-8(2,5-6)4-3-7/h7H,3-5H2,1-2H3. The van der Waals surface area contributed by atoms with Gasteiger partial charge < -0.3 is 5.11 Å². The van der Waals surface area contributed by atoms with Crippen molar-refractivity contribution in [2.24, 2.45) is 0 Å². The molecule has 0 aromatic carbocycles. The predicted octanol–water partition coefficient (Wildman–Crippen LogP) is 1.24. The Morgan fingerprint density at radius 3 is 2.12 bits per heavy atom. The third-order valence-electron chi connectivity index (χ3n) is 0.939. The summed E-state index contributed by atoms with van der Waals surface area (Å²) < 4.78 is 0. The van der Waals surface area contributed by atoms with Crippen molar-refractivity contribution in [3.8, 4) is 0 Å². The molecule has 0 saturated carbocycles. The number of rotatable bonds is 3. The summed E-state index contributed by atoms with van der Waals surface area (Å²) in [7, 11) is -0.654. The Balaban J connectivity index is 3.37. The highest BCUT2D eigenvalue weighted by Gasteiger charge is 2.07. The van der Waals surface area contributed by atoms with Gasteiger partial charge in [0.05, 0.1) is 11.8 Å². The lowest BCUT2D eigenvalue weighted by Gasteiger charge is -2.26. The Labute approximate surface area is 57.4 Å². The molecule has 0 fully saturated rings. The van der Waals surface area contributed by atoms with Crippen molar-refractivity contribution in [3.05, 3.63) is 0 Å². The normalized spacial score (nSPS) is 14.0. The lowest BCUT2D eigenvalue weighted by molar-refractivity contribution is 0.322. The van der Waals surface area contributed by atoms with E-state index in [1.165, 1.54) is 0 Å². The molecule has 3 heteroatoms. The van der Waals surface area contributed by atoms with Crippen LogP contribution in [0.2, 0.25) is 0 Å². The molecule has 8 heavy (non-hydrogen) atoms. The van der Waals surface area contributed by atoms with E-state index in [0.717, 1.165) is 5.75 Å². The smallest absolute Gasteiger partial charge is 0.0523 e. The second-order valence-electron chi connectivity index (χ2n) is 2.30. The summed E-state index contributed by atoms with van der Waals surface area (Å²) in [6.07, 6.45) is 4.24. The van der Waals surface area contributed by atoms with E-state index in [1.54, 1.807) is 0 Å². The minimum Gasteiger partial charge on any atom is -0.396 e. The van der Waals surface area contributed by atoms with Crippen molar-refractivity contribution in [3.63, 3.8) is 0 Å². The first-order valence-electron chi connectivity index (χ1n) is 2.48. The molecule has 0 aliphatic carbocycles. The van der Waals surface area contributed by atoms with Crippen LogP contribution in [0.1, 0.15) is 0 Å². The first-order chi connectivity index (χ1) is 3.62. The molecule has 0 spiro atoms. The molecule has 0 aliphatic heterocycles. The maximum Gasteiger partial charge on any atom is 0.0523 e. The Kier molecular flexibility index (Phi) is 3.86. The zero-order chi connectivity index (χ0) is 6.62. The first kappa shape index (κ1) is 8.60. The van der Waals surface area contributed by atoms with E-state index in [-0.39, 0.29) is 6.61 Å². The van der Waals surface area contributed by atoms with Gasteiger partial charge in [-0.3, -0.25) is 0 Å². The van der Waals surface area contributed by atoms with Gasteiger partial charge in [-0.2, -0.15) is 0 Å². The van der Waals surface area contributed by atoms with E-state index in [9.17, 15) is 0 Å². The van der Waals surface area contributed by atoms with Gasteiger partial charge in [0.25, 0.3) is 0 Å². The summed E-state index contributed by atoms with van der Waals surface area (Å²) >= 11 is 5.60. The van der Waals surface area contributed by atoms with Gasteiger partial charge in [-0.25, -0.2) is 10.0 Å². The number of aliphatic hydroxyl groups is 1. The number of aliphatic hydroxyl groups excluding tert-OH is 1. The van der Waals surface area contributed by atoms with E-state index < -0.39 is 10.0 Å². The zero-order valence-corrected chi connectivity index (χ0v) is 6.93. The number of alkyl halides is 1. The third kappa shape index (κ3) is 3.58. The number of hydrogen-bond acceptors (Lipinski definition) is 1. The van der Waals surface area contributed by atoms with E-state index in [2.05, 4.69) is 12.5 Å². The van der Waals surface area contributed by atoms with Gasteiger partial charge in [0.15, 0.2) is 0 Å². The Morgan fingerprint density at radius 2 is 2.00 bits per heavy atom. The Morgan fingerprint density at radius 1 is 1.50 bits per heavy atom. The largest absolute Gasteiger partial charge is 0.396 e. The van der Waals surface area contributed by atoms with Gasteiger partial charge in [-0.15, -0.1) is 11.6 Å². The highest BCUT2D eigenvalue weighted by molar-refractivity contribution is 8.33. The van der Waals surface area contributed by atoms with E-state index in [1.807, 2.05) is 0 Å². The molecule has 0 aromatic rings. The Hall–Kier alpha value is 0.600. The second-order valence-corrected chi connectivity index (χ2v) is 7.12. The van der Waals surface area contributed by atoms with Gasteiger partial charge in [0.1, 0.15) is 0 Å². The summed E-state index contributed by atoms with van der Waals surface area (Å²) in [5.74, 6) is 0.872. The van der Waals surface area contributed by atoms with Crippen molar-refractivity contribution in [2.75, 3.05) is 30.1 Å². The second kappa shape index (κ2) is 3.59. The summed E-state index contributed by atoms with van der Waals surface area (Å²) in [6, 6.07) is 0. The molecule has 0 bridgehead atoms. The molecule has 0 saturated heterocycles. The van der Waals surface area contributed by atoms with Crippen molar-refractivity contribution in [1.82, 2.24) is 0 Å². The van der Waals surface area contributed by atoms with Crippen LogP contribution in [0, 0.1) is 0 Å². The zero-order valence-electron chi connectivity index (χ0n) is 5.35. The average molecular weight is 157 g/mol.